The summed E-state index contributed by atoms with van der Waals surface area (Å²) >= 11 is 6.07. The molecule has 0 atom stereocenters. The number of nitrogens with zero attached hydrogens (tertiary/aromatic N) is 1. The third kappa shape index (κ3) is 4.43. The minimum Gasteiger partial charge on any atom is -0.482 e. The van der Waals surface area contributed by atoms with Crippen molar-refractivity contribution in [2.45, 2.75) is 13.5 Å². The number of hydrogen-bond donors (Lipinski definition) is 0. The fourth-order valence-corrected chi connectivity index (χ4v) is 2.58. The quantitative estimate of drug-likeness (QED) is 0.634. The van der Waals surface area contributed by atoms with E-state index in [2.05, 4.69) is 0 Å². The van der Waals surface area contributed by atoms with Crippen LogP contribution >= 0.6 is 11.6 Å². The molecule has 3 aromatic rings. The maximum atomic E-state index is 12.8. The van der Waals surface area contributed by atoms with Crippen LogP contribution in [0.2, 0.25) is 5.02 Å². The molecule has 1 aromatic heterocycles. The molecular weight excluding hydrogens is 338 g/mol. The summed E-state index contributed by atoms with van der Waals surface area (Å²) in [6.07, 6.45) is 1.59. The van der Waals surface area contributed by atoms with Gasteiger partial charge in [0.25, 0.3) is 5.91 Å². The highest BCUT2D eigenvalue weighted by molar-refractivity contribution is 6.32. The van der Waals surface area contributed by atoms with Crippen molar-refractivity contribution in [2.24, 2.45) is 0 Å². The van der Waals surface area contributed by atoms with E-state index in [1.54, 1.807) is 29.4 Å². The lowest BCUT2D eigenvalue weighted by molar-refractivity contribution is -0.120. The van der Waals surface area contributed by atoms with Crippen LogP contribution in [0.5, 0.6) is 5.75 Å². The number of benzene rings is 2. The number of halogens is 1. The number of carbonyl (C=O) groups excluding carboxylic acids is 1. The highest BCUT2D eigenvalue weighted by atomic mass is 35.5. The molecule has 25 heavy (non-hydrogen) atoms. The SMILES string of the molecule is Cc1ccc(N(Cc2ccco2)C(=O)COc2ccccc2Cl)cc1. The van der Waals surface area contributed by atoms with Crippen molar-refractivity contribution >= 4 is 23.2 Å². The van der Waals surface area contributed by atoms with E-state index in [1.165, 1.54) is 0 Å². The molecule has 0 aliphatic rings. The first-order valence-electron chi connectivity index (χ1n) is 7.90. The van der Waals surface area contributed by atoms with Crippen molar-refractivity contribution < 1.29 is 13.9 Å². The van der Waals surface area contributed by atoms with Gasteiger partial charge in [0.15, 0.2) is 6.61 Å². The van der Waals surface area contributed by atoms with Crippen LogP contribution in [-0.4, -0.2) is 12.5 Å². The van der Waals surface area contributed by atoms with Gasteiger partial charge in [-0.05, 0) is 43.3 Å². The maximum absolute atomic E-state index is 12.8. The Kier molecular flexibility index (Phi) is 5.41. The molecule has 0 N–H and O–H groups in total. The Bertz CT molecular complexity index is 828. The summed E-state index contributed by atoms with van der Waals surface area (Å²) in [7, 11) is 0. The van der Waals surface area contributed by atoms with Gasteiger partial charge in [-0.2, -0.15) is 0 Å². The highest BCUT2D eigenvalue weighted by Crippen LogP contribution is 2.24. The first-order chi connectivity index (χ1) is 12.1. The number of anilines is 1. The molecule has 0 bridgehead atoms. The summed E-state index contributed by atoms with van der Waals surface area (Å²) in [6.45, 7) is 2.22. The summed E-state index contributed by atoms with van der Waals surface area (Å²) < 4.78 is 11.0. The summed E-state index contributed by atoms with van der Waals surface area (Å²) in [4.78, 5) is 14.4. The predicted octanol–water partition coefficient (Wildman–Crippen LogP) is 4.85. The van der Waals surface area contributed by atoms with Crippen molar-refractivity contribution in [3.8, 4) is 5.75 Å². The summed E-state index contributed by atoms with van der Waals surface area (Å²) in [5.74, 6) is 1.01. The van der Waals surface area contributed by atoms with E-state index < -0.39 is 0 Å². The van der Waals surface area contributed by atoms with E-state index in [0.717, 1.165) is 11.3 Å². The van der Waals surface area contributed by atoms with Crippen LogP contribution in [0.25, 0.3) is 0 Å². The fraction of sp³-hybridized carbons (Fsp3) is 0.150. The molecule has 0 fully saturated rings. The molecule has 0 aliphatic carbocycles. The Morgan fingerprint density at radius 3 is 2.52 bits per heavy atom. The smallest absolute Gasteiger partial charge is 0.265 e. The van der Waals surface area contributed by atoms with Gasteiger partial charge in [0.05, 0.1) is 17.8 Å². The van der Waals surface area contributed by atoms with Crippen LogP contribution in [-0.2, 0) is 11.3 Å². The Morgan fingerprint density at radius 2 is 1.84 bits per heavy atom. The van der Waals surface area contributed by atoms with E-state index in [-0.39, 0.29) is 12.5 Å². The number of para-hydroxylation sites is 1. The number of carbonyl (C=O) groups is 1. The van der Waals surface area contributed by atoms with E-state index in [9.17, 15) is 4.79 Å². The lowest BCUT2D eigenvalue weighted by Gasteiger charge is -2.22. The van der Waals surface area contributed by atoms with Crippen LogP contribution in [0.15, 0.2) is 71.3 Å². The largest absolute Gasteiger partial charge is 0.482 e. The second-order valence-corrected chi connectivity index (χ2v) is 6.02. The van der Waals surface area contributed by atoms with E-state index in [1.807, 2.05) is 49.4 Å². The molecule has 0 saturated heterocycles. The second kappa shape index (κ2) is 7.90. The number of hydrogen-bond acceptors (Lipinski definition) is 3. The van der Waals surface area contributed by atoms with Gasteiger partial charge in [0.2, 0.25) is 0 Å². The summed E-state index contributed by atoms with van der Waals surface area (Å²) in [5, 5.41) is 0.475. The maximum Gasteiger partial charge on any atom is 0.265 e. The Hall–Kier alpha value is -2.72. The second-order valence-electron chi connectivity index (χ2n) is 5.61. The molecule has 0 spiro atoms. The molecule has 0 unspecified atom stereocenters. The van der Waals surface area contributed by atoms with Gasteiger partial charge in [-0.1, -0.05) is 41.4 Å². The Labute approximate surface area is 151 Å². The van der Waals surface area contributed by atoms with Gasteiger partial charge in [-0.25, -0.2) is 0 Å². The fourth-order valence-electron chi connectivity index (χ4n) is 2.39. The molecule has 1 heterocycles. The average molecular weight is 356 g/mol. The Balaban J connectivity index is 1.77. The number of aryl methyl sites for hydroxylation is 1. The molecule has 0 aliphatic heterocycles. The highest BCUT2D eigenvalue weighted by Gasteiger charge is 2.18. The first kappa shape index (κ1) is 17.1. The normalized spacial score (nSPS) is 10.5. The first-order valence-corrected chi connectivity index (χ1v) is 8.28. The van der Waals surface area contributed by atoms with Crippen molar-refractivity contribution in [3.05, 3.63) is 83.3 Å². The molecule has 4 nitrogen and oxygen atoms in total. The van der Waals surface area contributed by atoms with Crippen LogP contribution in [0, 0.1) is 6.92 Å². The van der Waals surface area contributed by atoms with Gasteiger partial charge in [-0.15, -0.1) is 0 Å². The lowest BCUT2D eigenvalue weighted by Crippen LogP contribution is -2.34. The van der Waals surface area contributed by atoms with Gasteiger partial charge in [0, 0.05) is 5.69 Å². The molecule has 0 radical (unpaired) electrons. The van der Waals surface area contributed by atoms with Gasteiger partial charge in [-0.3, -0.25) is 4.79 Å². The zero-order valence-corrected chi connectivity index (χ0v) is 14.6. The van der Waals surface area contributed by atoms with E-state index >= 15 is 0 Å². The zero-order valence-electron chi connectivity index (χ0n) is 13.8. The van der Waals surface area contributed by atoms with Crippen LogP contribution in [0.4, 0.5) is 5.69 Å². The molecular formula is C20H18ClNO3. The van der Waals surface area contributed by atoms with Crippen LogP contribution in [0.3, 0.4) is 0 Å². The average Bonchev–Trinajstić information content (AvgIpc) is 3.13. The predicted molar refractivity (Wildman–Crippen MR) is 98.0 cm³/mol. The number of ether oxygens (including phenoxy) is 1. The Morgan fingerprint density at radius 1 is 1.08 bits per heavy atom. The zero-order chi connectivity index (χ0) is 17.6. The van der Waals surface area contributed by atoms with Crippen molar-refractivity contribution in [2.75, 3.05) is 11.5 Å². The molecule has 128 valence electrons. The summed E-state index contributed by atoms with van der Waals surface area (Å²) in [6, 6.07) is 18.5. The van der Waals surface area contributed by atoms with Gasteiger partial charge < -0.3 is 14.1 Å². The monoisotopic (exact) mass is 355 g/mol. The van der Waals surface area contributed by atoms with Crippen LogP contribution < -0.4 is 9.64 Å². The van der Waals surface area contributed by atoms with E-state index in [4.69, 9.17) is 20.8 Å². The number of amides is 1. The molecule has 5 heteroatoms. The standard InChI is InChI=1S/C20H18ClNO3/c1-15-8-10-16(11-9-15)22(13-17-5-4-12-24-17)20(23)14-25-19-7-3-2-6-18(19)21/h2-12H,13-14H2,1H3. The van der Waals surface area contributed by atoms with Gasteiger partial charge >= 0.3 is 0 Å². The third-order valence-corrected chi connectivity index (χ3v) is 4.04. The molecule has 1 amide bonds. The lowest BCUT2D eigenvalue weighted by atomic mass is 10.2. The molecule has 2 aromatic carbocycles. The topological polar surface area (TPSA) is 42.7 Å². The summed E-state index contributed by atoms with van der Waals surface area (Å²) in [5.41, 5.74) is 1.91. The minimum absolute atomic E-state index is 0.113. The van der Waals surface area contributed by atoms with E-state index in [0.29, 0.717) is 23.1 Å². The van der Waals surface area contributed by atoms with Crippen molar-refractivity contribution in [1.29, 1.82) is 0 Å². The molecule has 3 rings (SSSR count). The van der Waals surface area contributed by atoms with Crippen molar-refractivity contribution in [1.82, 2.24) is 0 Å². The number of rotatable bonds is 6. The van der Waals surface area contributed by atoms with Gasteiger partial charge in [0.1, 0.15) is 11.5 Å². The third-order valence-electron chi connectivity index (χ3n) is 3.73. The number of furan rings is 1. The van der Waals surface area contributed by atoms with Crippen LogP contribution in [0.1, 0.15) is 11.3 Å². The van der Waals surface area contributed by atoms with Crippen molar-refractivity contribution in [3.63, 3.8) is 0 Å². The minimum atomic E-state index is -0.180. The molecule has 0 saturated carbocycles.